The van der Waals surface area contributed by atoms with Crippen LogP contribution < -0.4 is 15.8 Å². The van der Waals surface area contributed by atoms with Gasteiger partial charge in [-0.2, -0.15) is 4.72 Å². The molecule has 1 aromatic carbocycles. The average Bonchev–Trinajstić information content (AvgIpc) is 2.38. The third-order valence-corrected chi connectivity index (χ3v) is 4.40. The summed E-state index contributed by atoms with van der Waals surface area (Å²) in [4.78, 5) is 11.4. The maximum absolute atomic E-state index is 13.5. The van der Waals surface area contributed by atoms with Gasteiger partial charge in [-0.1, -0.05) is 12.1 Å². The Morgan fingerprint density at radius 2 is 1.91 bits per heavy atom. The largest absolute Gasteiger partial charge is 0.349 e. The zero-order chi connectivity index (χ0) is 16.3. The van der Waals surface area contributed by atoms with Crippen LogP contribution in [0, 0.1) is 5.82 Å². The van der Waals surface area contributed by atoms with Crippen LogP contribution >= 0.6 is 12.4 Å². The second-order valence-electron chi connectivity index (χ2n) is 5.35. The number of hydrogen-bond donors (Lipinski definition) is 3. The summed E-state index contributed by atoms with van der Waals surface area (Å²) >= 11 is 0. The molecular formula is C13H21ClFN3O3S. The highest BCUT2D eigenvalue weighted by Gasteiger charge is 2.27. The van der Waals surface area contributed by atoms with Gasteiger partial charge in [0.15, 0.2) is 0 Å². The summed E-state index contributed by atoms with van der Waals surface area (Å²) in [7, 11) is -4.11. The number of halogens is 2. The molecule has 126 valence electrons. The van der Waals surface area contributed by atoms with E-state index < -0.39 is 38.2 Å². The molecule has 0 heterocycles. The van der Waals surface area contributed by atoms with Crippen LogP contribution in [-0.4, -0.2) is 32.5 Å². The molecule has 9 heteroatoms. The van der Waals surface area contributed by atoms with E-state index in [4.69, 9.17) is 5.73 Å². The van der Waals surface area contributed by atoms with E-state index in [9.17, 15) is 17.6 Å². The number of sulfonamides is 1. The van der Waals surface area contributed by atoms with E-state index in [-0.39, 0.29) is 19.0 Å². The van der Waals surface area contributed by atoms with Gasteiger partial charge in [0.25, 0.3) is 0 Å². The van der Waals surface area contributed by atoms with Crippen molar-refractivity contribution in [2.45, 2.75) is 37.2 Å². The summed E-state index contributed by atoms with van der Waals surface area (Å²) in [5.41, 5.74) is 4.83. The molecule has 0 spiro atoms. The lowest BCUT2D eigenvalue weighted by molar-refractivity contribution is -0.123. The first-order chi connectivity index (χ1) is 9.59. The van der Waals surface area contributed by atoms with E-state index in [1.807, 2.05) is 0 Å². The van der Waals surface area contributed by atoms with Gasteiger partial charge in [0, 0.05) is 12.1 Å². The Labute approximate surface area is 136 Å². The second kappa shape index (κ2) is 7.87. The zero-order valence-corrected chi connectivity index (χ0v) is 14.2. The minimum atomic E-state index is -4.11. The standard InChI is InChI=1S/C13H20FN3O3S.ClH/c1-9(12(18)16-13(2,3)8-15)17-21(19,20)11-7-5-4-6-10(11)14;/h4-7,9,17H,8,15H2,1-3H3,(H,16,18);1H. The highest BCUT2D eigenvalue weighted by Crippen LogP contribution is 2.13. The second-order valence-corrected chi connectivity index (χ2v) is 7.03. The fourth-order valence-electron chi connectivity index (χ4n) is 1.51. The molecule has 6 nitrogen and oxygen atoms in total. The third kappa shape index (κ3) is 5.53. The zero-order valence-electron chi connectivity index (χ0n) is 12.6. The molecule has 22 heavy (non-hydrogen) atoms. The summed E-state index contributed by atoms with van der Waals surface area (Å²) in [6.07, 6.45) is 0. The van der Waals surface area contributed by atoms with Crippen LogP contribution in [0.4, 0.5) is 4.39 Å². The number of amides is 1. The normalized spacial score (nSPS) is 13.1. The van der Waals surface area contributed by atoms with Crippen LogP contribution in [0.1, 0.15) is 20.8 Å². The number of carbonyl (C=O) groups excluding carboxylic acids is 1. The molecule has 1 rings (SSSR count). The smallest absolute Gasteiger partial charge is 0.244 e. The van der Waals surface area contributed by atoms with E-state index in [0.717, 1.165) is 12.1 Å². The first-order valence-electron chi connectivity index (χ1n) is 6.38. The Hall–Kier alpha value is -1.22. The number of carbonyl (C=O) groups is 1. The first-order valence-corrected chi connectivity index (χ1v) is 7.86. The molecule has 0 radical (unpaired) electrons. The lowest BCUT2D eigenvalue weighted by Gasteiger charge is -2.26. The SMILES string of the molecule is CC(NS(=O)(=O)c1ccccc1F)C(=O)NC(C)(C)CN.Cl. The van der Waals surface area contributed by atoms with E-state index in [1.165, 1.54) is 19.1 Å². The minimum absolute atomic E-state index is 0. The van der Waals surface area contributed by atoms with E-state index in [2.05, 4.69) is 10.0 Å². The van der Waals surface area contributed by atoms with Gasteiger partial charge in [0.05, 0.1) is 6.04 Å². The monoisotopic (exact) mass is 353 g/mol. The van der Waals surface area contributed by atoms with Crippen LogP contribution in [0.2, 0.25) is 0 Å². The van der Waals surface area contributed by atoms with Gasteiger partial charge in [-0.05, 0) is 32.9 Å². The fourth-order valence-corrected chi connectivity index (χ4v) is 2.79. The highest BCUT2D eigenvalue weighted by atomic mass is 35.5. The van der Waals surface area contributed by atoms with Gasteiger partial charge in [0.2, 0.25) is 15.9 Å². The van der Waals surface area contributed by atoms with Crippen LogP contribution in [0.25, 0.3) is 0 Å². The van der Waals surface area contributed by atoms with Crippen molar-refractivity contribution in [3.05, 3.63) is 30.1 Å². The number of hydrogen-bond acceptors (Lipinski definition) is 4. The van der Waals surface area contributed by atoms with Gasteiger partial charge < -0.3 is 11.1 Å². The molecule has 0 aliphatic carbocycles. The molecule has 0 aromatic heterocycles. The van der Waals surface area contributed by atoms with Crippen molar-refractivity contribution in [1.29, 1.82) is 0 Å². The molecule has 0 aliphatic heterocycles. The summed E-state index contributed by atoms with van der Waals surface area (Å²) in [5.74, 6) is -1.41. The number of nitrogens with two attached hydrogens (primary N) is 1. The average molecular weight is 354 g/mol. The summed E-state index contributed by atoms with van der Waals surface area (Å²) in [6, 6.07) is 3.90. The van der Waals surface area contributed by atoms with Crippen LogP contribution in [-0.2, 0) is 14.8 Å². The molecule has 0 saturated heterocycles. The Morgan fingerprint density at radius 3 is 2.41 bits per heavy atom. The Balaban J connectivity index is 0.00000441. The van der Waals surface area contributed by atoms with Crippen molar-refractivity contribution >= 4 is 28.3 Å². The van der Waals surface area contributed by atoms with Crippen molar-refractivity contribution in [3.63, 3.8) is 0 Å². The summed E-state index contributed by atoms with van der Waals surface area (Å²) < 4.78 is 39.8. The topological polar surface area (TPSA) is 101 Å². The Bertz CT molecular complexity index is 623. The van der Waals surface area contributed by atoms with Gasteiger partial charge >= 0.3 is 0 Å². The van der Waals surface area contributed by atoms with Crippen molar-refractivity contribution in [2.75, 3.05) is 6.54 Å². The van der Waals surface area contributed by atoms with Crippen LogP contribution in [0.5, 0.6) is 0 Å². The minimum Gasteiger partial charge on any atom is -0.349 e. The third-order valence-electron chi connectivity index (χ3n) is 2.82. The molecule has 0 aliphatic rings. The molecule has 0 bridgehead atoms. The number of rotatable bonds is 6. The molecule has 1 atom stereocenters. The predicted molar refractivity (Wildman–Crippen MR) is 84.7 cm³/mol. The fraction of sp³-hybridized carbons (Fsp3) is 0.462. The first kappa shape index (κ1) is 20.8. The molecule has 0 fully saturated rings. The maximum Gasteiger partial charge on any atom is 0.244 e. The molecule has 1 unspecified atom stereocenters. The number of nitrogens with one attached hydrogen (secondary N) is 2. The Kier molecular flexibility index (Phi) is 7.43. The quantitative estimate of drug-likeness (QED) is 0.703. The maximum atomic E-state index is 13.5. The lowest BCUT2D eigenvalue weighted by atomic mass is 10.1. The Morgan fingerprint density at radius 1 is 1.36 bits per heavy atom. The van der Waals surface area contributed by atoms with Crippen molar-refractivity contribution < 1.29 is 17.6 Å². The van der Waals surface area contributed by atoms with Crippen molar-refractivity contribution in [3.8, 4) is 0 Å². The molecule has 0 saturated carbocycles. The van der Waals surface area contributed by atoms with Gasteiger partial charge in [-0.25, -0.2) is 12.8 Å². The van der Waals surface area contributed by atoms with Gasteiger partial charge in [0.1, 0.15) is 10.7 Å². The molecular weight excluding hydrogens is 333 g/mol. The molecule has 1 amide bonds. The molecule has 4 N–H and O–H groups in total. The van der Waals surface area contributed by atoms with Crippen LogP contribution in [0.15, 0.2) is 29.2 Å². The van der Waals surface area contributed by atoms with E-state index in [0.29, 0.717) is 0 Å². The highest BCUT2D eigenvalue weighted by molar-refractivity contribution is 7.89. The summed E-state index contributed by atoms with van der Waals surface area (Å²) in [5, 5.41) is 2.61. The predicted octanol–water partition coefficient (Wildman–Crippen LogP) is 0.768. The van der Waals surface area contributed by atoms with Crippen molar-refractivity contribution in [1.82, 2.24) is 10.0 Å². The van der Waals surface area contributed by atoms with E-state index >= 15 is 0 Å². The van der Waals surface area contributed by atoms with Gasteiger partial charge in [-0.3, -0.25) is 4.79 Å². The van der Waals surface area contributed by atoms with Crippen molar-refractivity contribution in [2.24, 2.45) is 5.73 Å². The van der Waals surface area contributed by atoms with Gasteiger partial charge in [-0.15, -0.1) is 12.4 Å². The van der Waals surface area contributed by atoms with E-state index in [1.54, 1.807) is 13.8 Å². The van der Waals surface area contributed by atoms with Crippen LogP contribution in [0.3, 0.4) is 0 Å². The molecule has 1 aromatic rings. The lowest BCUT2D eigenvalue weighted by Crippen LogP contribution is -2.54. The number of benzene rings is 1. The summed E-state index contributed by atoms with van der Waals surface area (Å²) in [6.45, 7) is 5.00.